The lowest BCUT2D eigenvalue weighted by Gasteiger charge is -2.42. The van der Waals surface area contributed by atoms with Crippen LogP contribution >= 0.6 is 0 Å². The number of ether oxygens (including phenoxy) is 1. The molecule has 0 radical (unpaired) electrons. The summed E-state index contributed by atoms with van der Waals surface area (Å²) in [6.07, 6.45) is 2.35. The minimum absolute atomic E-state index is 0.114. The van der Waals surface area contributed by atoms with Gasteiger partial charge in [0.15, 0.2) is 22.9 Å². The van der Waals surface area contributed by atoms with Crippen LogP contribution in [-0.2, 0) is 4.79 Å². The molecule has 2 heterocycles. The second-order valence-electron chi connectivity index (χ2n) is 4.25. The van der Waals surface area contributed by atoms with Gasteiger partial charge in [0.25, 0.3) is 5.91 Å². The summed E-state index contributed by atoms with van der Waals surface area (Å²) in [7, 11) is 0. The Morgan fingerprint density at radius 2 is 2.24 bits per heavy atom. The third-order valence-corrected chi connectivity index (χ3v) is 3.19. The van der Waals surface area contributed by atoms with Crippen LogP contribution in [0.1, 0.15) is 29.8 Å². The van der Waals surface area contributed by atoms with Gasteiger partial charge >= 0.3 is 5.97 Å². The first kappa shape index (κ1) is 10.1. The van der Waals surface area contributed by atoms with E-state index in [1.54, 1.807) is 0 Å². The molecular formula is C11H10N2O4. The highest BCUT2D eigenvalue weighted by Gasteiger charge is 2.49. The molecule has 0 unspecified atom stereocenters. The molecule has 1 aromatic rings. The summed E-state index contributed by atoms with van der Waals surface area (Å²) in [5.74, 6) is -0.737. The fourth-order valence-corrected chi connectivity index (χ4v) is 2.04. The number of nitrogens with one attached hydrogen (secondary N) is 1. The number of carbonyl (C=O) groups is 2. The molecule has 0 saturated heterocycles. The van der Waals surface area contributed by atoms with Crippen LogP contribution in [0.5, 0.6) is 5.75 Å². The molecule has 6 heteroatoms. The maximum atomic E-state index is 11.8. The van der Waals surface area contributed by atoms with E-state index < -0.39 is 11.6 Å². The molecule has 0 atom stereocenters. The second kappa shape index (κ2) is 3.19. The standard InChI is InChI=1S/C11H10N2O4/c14-9(15)6-2-3-7-8(12-6)13-10(16)11(17-7)4-1-5-11/h2-3H,1,4-5H2,(H,14,15)(H,12,13,16). The van der Waals surface area contributed by atoms with Gasteiger partial charge in [-0.2, -0.15) is 0 Å². The van der Waals surface area contributed by atoms with Crippen LogP contribution in [0, 0.1) is 0 Å². The minimum Gasteiger partial charge on any atom is -0.477 e. The Labute approximate surface area is 96.6 Å². The number of carboxylic acids is 1. The number of hydrogen-bond donors (Lipinski definition) is 2. The van der Waals surface area contributed by atoms with E-state index in [9.17, 15) is 9.59 Å². The normalized spacial score (nSPS) is 19.9. The number of amides is 1. The van der Waals surface area contributed by atoms with Gasteiger partial charge in [-0.3, -0.25) is 4.79 Å². The number of aromatic nitrogens is 1. The zero-order valence-corrected chi connectivity index (χ0v) is 8.90. The molecule has 6 nitrogen and oxygen atoms in total. The maximum Gasteiger partial charge on any atom is 0.354 e. The second-order valence-corrected chi connectivity index (χ2v) is 4.25. The number of pyridine rings is 1. The number of aromatic carboxylic acids is 1. The van der Waals surface area contributed by atoms with Crippen LogP contribution in [0.3, 0.4) is 0 Å². The molecule has 2 aliphatic rings. The number of rotatable bonds is 1. The van der Waals surface area contributed by atoms with Gasteiger partial charge in [-0.05, 0) is 31.4 Å². The largest absolute Gasteiger partial charge is 0.477 e. The van der Waals surface area contributed by atoms with E-state index in [4.69, 9.17) is 9.84 Å². The maximum absolute atomic E-state index is 11.8. The van der Waals surface area contributed by atoms with Gasteiger partial charge in [0.05, 0.1) is 0 Å². The molecule has 3 rings (SSSR count). The van der Waals surface area contributed by atoms with Crippen molar-refractivity contribution in [2.24, 2.45) is 0 Å². The van der Waals surface area contributed by atoms with Crippen molar-refractivity contribution in [3.63, 3.8) is 0 Å². The summed E-state index contributed by atoms with van der Waals surface area (Å²) in [4.78, 5) is 26.4. The summed E-state index contributed by atoms with van der Waals surface area (Å²) in [6, 6.07) is 2.90. The predicted molar refractivity (Wildman–Crippen MR) is 57.0 cm³/mol. The van der Waals surface area contributed by atoms with E-state index in [1.807, 2.05) is 0 Å². The molecule has 1 aromatic heterocycles. The Bertz CT molecular complexity index is 522. The van der Waals surface area contributed by atoms with Gasteiger partial charge in [-0.15, -0.1) is 0 Å². The molecule has 1 spiro atoms. The lowest BCUT2D eigenvalue weighted by Crippen LogP contribution is -2.55. The molecule has 0 bridgehead atoms. The molecule has 0 aromatic carbocycles. The van der Waals surface area contributed by atoms with Crippen molar-refractivity contribution in [1.82, 2.24) is 4.98 Å². The average molecular weight is 234 g/mol. The molecule has 1 aliphatic carbocycles. The van der Waals surface area contributed by atoms with Gasteiger partial charge in [0, 0.05) is 0 Å². The van der Waals surface area contributed by atoms with Crippen molar-refractivity contribution in [3.05, 3.63) is 17.8 Å². The summed E-state index contributed by atoms with van der Waals surface area (Å²) in [5, 5.41) is 11.4. The van der Waals surface area contributed by atoms with Crippen LogP contribution < -0.4 is 10.1 Å². The Morgan fingerprint density at radius 1 is 1.47 bits per heavy atom. The molecule has 1 amide bonds. The van der Waals surface area contributed by atoms with Gasteiger partial charge < -0.3 is 15.2 Å². The zero-order valence-electron chi connectivity index (χ0n) is 8.90. The molecule has 1 aliphatic heterocycles. The fourth-order valence-electron chi connectivity index (χ4n) is 2.04. The summed E-state index contributed by atoms with van der Waals surface area (Å²) in [6.45, 7) is 0. The van der Waals surface area contributed by atoms with Crippen molar-refractivity contribution in [2.75, 3.05) is 5.32 Å². The average Bonchev–Trinajstić information content (AvgIpc) is 2.25. The third kappa shape index (κ3) is 1.37. The van der Waals surface area contributed by atoms with Crippen molar-refractivity contribution < 1.29 is 19.4 Å². The fraction of sp³-hybridized carbons (Fsp3) is 0.364. The minimum atomic E-state index is -1.13. The third-order valence-electron chi connectivity index (χ3n) is 3.19. The highest BCUT2D eigenvalue weighted by molar-refractivity contribution is 6.01. The summed E-state index contributed by atoms with van der Waals surface area (Å²) in [5.41, 5.74) is -0.864. The molecule has 17 heavy (non-hydrogen) atoms. The molecule has 2 N–H and O–H groups in total. The lowest BCUT2D eigenvalue weighted by molar-refractivity contribution is -0.140. The van der Waals surface area contributed by atoms with Crippen LogP contribution in [0.15, 0.2) is 12.1 Å². The van der Waals surface area contributed by atoms with E-state index in [1.165, 1.54) is 12.1 Å². The Hall–Kier alpha value is -2.11. The Kier molecular flexibility index (Phi) is 1.89. The Balaban J connectivity index is 1.99. The topological polar surface area (TPSA) is 88.5 Å². The number of nitrogens with zero attached hydrogens (tertiary/aromatic N) is 1. The molecular weight excluding hydrogens is 224 g/mol. The Morgan fingerprint density at radius 3 is 2.82 bits per heavy atom. The molecule has 1 saturated carbocycles. The SMILES string of the molecule is O=C(O)c1ccc2c(n1)NC(=O)C1(CCC1)O2. The number of fused-ring (bicyclic) bond motifs is 1. The molecule has 1 fully saturated rings. The van der Waals surface area contributed by atoms with Crippen molar-refractivity contribution >= 4 is 17.7 Å². The smallest absolute Gasteiger partial charge is 0.354 e. The summed E-state index contributed by atoms with van der Waals surface area (Å²) < 4.78 is 5.63. The van der Waals surface area contributed by atoms with Crippen molar-refractivity contribution in [2.45, 2.75) is 24.9 Å². The number of carboxylic acid groups (broad SMARTS) is 1. The number of carbonyl (C=O) groups excluding carboxylic acids is 1. The first-order valence-corrected chi connectivity index (χ1v) is 5.36. The van der Waals surface area contributed by atoms with Crippen molar-refractivity contribution in [3.8, 4) is 5.75 Å². The van der Waals surface area contributed by atoms with E-state index in [0.29, 0.717) is 18.6 Å². The first-order valence-electron chi connectivity index (χ1n) is 5.36. The van der Waals surface area contributed by atoms with E-state index in [2.05, 4.69) is 10.3 Å². The van der Waals surface area contributed by atoms with Gasteiger partial charge in [0.2, 0.25) is 0 Å². The molecule has 88 valence electrons. The van der Waals surface area contributed by atoms with Crippen molar-refractivity contribution in [1.29, 1.82) is 0 Å². The summed E-state index contributed by atoms with van der Waals surface area (Å²) >= 11 is 0. The first-order chi connectivity index (χ1) is 8.11. The van der Waals surface area contributed by atoms with E-state index >= 15 is 0 Å². The number of anilines is 1. The van der Waals surface area contributed by atoms with Crippen LogP contribution in [0.2, 0.25) is 0 Å². The monoisotopic (exact) mass is 234 g/mol. The van der Waals surface area contributed by atoms with E-state index in [-0.39, 0.29) is 17.4 Å². The highest BCUT2D eigenvalue weighted by atomic mass is 16.5. The van der Waals surface area contributed by atoms with Gasteiger partial charge in [-0.25, -0.2) is 9.78 Å². The van der Waals surface area contributed by atoms with Gasteiger partial charge in [-0.1, -0.05) is 0 Å². The lowest BCUT2D eigenvalue weighted by atomic mass is 9.78. The van der Waals surface area contributed by atoms with Crippen LogP contribution in [0.4, 0.5) is 5.82 Å². The van der Waals surface area contributed by atoms with Crippen LogP contribution in [-0.4, -0.2) is 27.6 Å². The predicted octanol–water partition coefficient (Wildman–Crippen LogP) is 1.03. The zero-order chi connectivity index (χ0) is 12.0. The number of hydrogen-bond acceptors (Lipinski definition) is 4. The van der Waals surface area contributed by atoms with Gasteiger partial charge in [0.1, 0.15) is 0 Å². The highest BCUT2D eigenvalue weighted by Crippen LogP contribution is 2.42. The van der Waals surface area contributed by atoms with Crippen LogP contribution in [0.25, 0.3) is 0 Å². The van der Waals surface area contributed by atoms with E-state index in [0.717, 1.165) is 6.42 Å². The quantitative estimate of drug-likeness (QED) is 0.757.